The number of carbonyl (C=O) groups is 1. The Morgan fingerprint density at radius 1 is 1.04 bits per heavy atom. The summed E-state index contributed by atoms with van der Waals surface area (Å²) >= 11 is 0. The van der Waals surface area contributed by atoms with Crippen molar-refractivity contribution in [1.29, 1.82) is 0 Å². The molecule has 1 amide bonds. The molecule has 0 aliphatic carbocycles. The molecule has 2 aromatic rings. The van der Waals surface area contributed by atoms with Gasteiger partial charge in [0.05, 0.1) is 0 Å². The minimum absolute atomic E-state index is 0.0647. The number of piperidine rings is 1. The zero-order valence-electron chi connectivity index (χ0n) is 13.8. The second-order valence-electron chi connectivity index (χ2n) is 6.79. The van der Waals surface area contributed by atoms with Crippen molar-refractivity contribution in [2.45, 2.75) is 31.8 Å². The highest BCUT2D eigenvalue weighted by Crippen LogP contribution is 2.31. The van der Waals surface area contributed by atoms with Crippen molar-refractivity contribution < 1.29 is 4.79 Å². The van der Waals surface area contributed by atoms with Crippen molar-refractivity contribution in [2.75, 3.05) is 23.7 Å². The fraction of sp³-hybridized carbons (Fsp3) is 0.350. The molecule has 2 aromatic carbocycles. The fourth-order valence-electron chi connectivity index (χ4n) is 3.88. The van der Waals surface area contributed by atoms with Crippen molar-refractivity contribution in [3.8, 4) is 0 Å². The lowest BCUT2D eigenvalue weighted by Crippen LogP contribution is -2.45. The molecular weight excluding hydrogens is 298 g/mol. The van der Waals surface area contributed by atoms with Crippen LogP contribution in [0.3, 0.4) is 0 Å². The minimum Gasteiger partial charge on any atom is -0.399 e. The number of nitrogens with two attached hydrogens (primary N) is 1. The number of nitrogens with zero attached hydrogens (tertiary/aromatic N) is 2. The van der Waals surface area contributed by atoms with Crippen LogP contribution in [0.25, 0.3) is 0 Å². The SMILES string of the molecule is Nc1ccc(C(=O)N2CC3CCCCN3Cc3ccccc32)cc1. The number of fused-ring (bicyclic) bond motifs is 2. The average Bonchev–Trinajstić information content (AvgIpc) is 2.78. The number of anilines is 2. The number of hydrogen-bond acceptors (Lipinski definition) is 3. The maximum atomic E-state index is 13.2. The highest BCUT2D eigenvalue weighted by Gasteiger charge is 2.32. The molecule has 24 heavy (non-hydrogen) atoms. The molecule has 0 radical (unpaired) electrons. The van der Waals surface area contributed by atoms with Gasteiger partial charge in [0.25, 0.3) is 5.91 Å². The predicted octanol–water partition coefficient (Wildman–Crippen LogP) is 3.28. The molecule has 0 bridgehead atoms. The van der Waals surface area contributed by atoms with Crippen molar-refractivity contribution >= 4 is 17.3 Å². The zero-order chi connectivity index (χ0) is 16.5. The molecule has 124 valence electrons. The van der Waals surface area contributed by atoms with Crippen LogP contribution in [-0.4, -0.2) is 29.9 Å². The smallest absolute Gasteiger partial charge is 0.258 e. The van der Waals surface area contributed by atoms with Crippen LogP contribution in [0.5, 0.6) is 0 Å². The minimum atomic E-state index is 0.0647. The van der Waals surface area contributed by atoms with Crippen LogP contribution in [-0.2, 0) is 6.54 Å². The quantitative estimate of drug-likeness (QED) is 0.820. The Bertz CT molecular complexity index is 741. The molecule has 0 aromatic heterocycles. The number of rotatable bonds is 1. The number of hydrogen-bond donors (Lipinski definition) is 1. The summed E-state index contributed by atoms with van der Waals surface area (Å²) < 4.78 is 0. The van der Waals surface area contributed by atoms with E-state index in [2.05, 4.69) is 23.1 Å². The van der Waals surface area contributed by atoms with E-state index in [0.717, 1.165) is 25.3 Å². The largest absolute Gasteiger partial charge is 0.399 e. The maximum absolute atomic E-state index is 13.2. The van der Waals surface area contributed by atoms with E-state index in [1.165, 1.54) is 24.8 Å². The molecule has 1 fully saturated rings. The number of benzene rings is 2. The van der Waals surface area contributed by atoms with E-state index in [1.807, 2.05) is 23.1 Å². The second kappa shape index (κ2) is 6.29. The molecule has 4 rings (SSSR count). The van der Waals surface area contributed by atoms with Crippen LogP contribution in [0.4, 0.5) is 11.4 Å². The molecule has 2 aliphatic rings. The highest BCUT2D eigenvalue weighted by atomic mass is 16.2. The molecule has 1 atom stereocenters. The third-order valence-electron chi connectivity index (χ3n) is 5.20. The lowest BCUT2D eigenvalue weighted by atomic mass is 10.0. The lowest BCUT2D eigenvalue weighted by Gasteiger charge is -2.35. The molecule has 2 heterocycles. The predicted molar refractivity (Wildman–Crippen MR) is 97.0 cm³/mol. The van der Waals surface area contributed by atoms with E-state index in [0.29, 0.717) is 17.3 Å². The Morgan fingerprint density at radius 2 is 1.83 bits per heavy atom. The highest BCUT2D eigenvalue weighted by molar-refractivity contribution is 6.06. The molecule has 1 saturated heterocycles. The average molecular weight is 321 g/mol. The summed E-state index contributed by atoms with van der Waals surface area (Å²) in [7, 11) is 0. The van der Waals surface area contributed by atoms with Gasteiger partial charge in [-0.05, 0) is 55.3 Å². The first kappa shape index (κ1) is 15.2. The van der Waals surface area contributed by atoms with Gasteiger partial charge in [-0.1, -0.05) is 24.6 Å². The topological polar surface area (TPSA) is 49.6 Å². The summed E-state index contributed by atoms with van der Waals surface area (Å²) in [6.07, 6.45) is 3.67. The first-order valence-electron chi connectivity index (χ1n) is 8.72. The molecule has 2 N–H and O–H groups in total. The van der Waals surface area contributed by atoms with E-state index >= 15 is 0 Å². The summed E-state index contributed by atoms with van der Waals surface area (Å²) in [6, 6.07) is 16.0. The summed E-state index contributed by atoms with van der Waals surface area (Å²) in [5, 5.41) is 0. The van der Waals surface area contributed by atoms with Crippen molar-refractivity contribution in [2.24, 2.45) is 0 Å². The van der Waals surface area contributed by atoms with Gasteiger partial charge in [-0.3, -0.25) is 9.69 Å². The molecule has 4 heteroatoms. The van der Waals surface area contributed by atoms with E-state index in [9.17, 15) is 4.79 Å². The first-order valence-corrected chi connectivity index (χ1v) is 8.72. The normalized spacial score (nSPS) is 20.8. The maximum Gasteiger partial charge on any atom is 0.258 e. The van der Waals surface area contributed by atoms with Gasteiger partial charge in [-0.25, -0.2) is 0 Å². The molecule has 0 spiro atoms. The molecule has 4 nitrogen and oxygen atoms in total. The number of amides is 1. The Labute approximate surface area is 142 Å². The van der Waals surface area contributed by atoms with E-state index in [-0.39, 0.29) is 5.91 Å². The molecule has 0 saturated carbocycles. The van der Waals surface area contributed by atoms with Crippen LogP contribution in [0.15, 0.2) is 48.5 Å². The van der Waals surface area contributed by atoms with Gasteiger partial charge in [0.1, 0.15) is 0 Å². The van der Waals surface area contributed by atoms with Crippen LogP contribution in [0, 0.1) is 0 Å². The Hall–Kier alpha value is -2.33. The summed E-state index contributed by atoms with van der Waals surface area (Å²) in [6.45, 7) is 2.83. The van der Waals surface area contributed by atoms with E-state index < -0.39 is 0 Å². The van der Waals surface area contributed by atoms with Gasteiger partial charge in [0.2, 0.25) is 0 Å². The van der Waals surface area contributed by atoms with Crippen molar-refractivity contribution in [3.63, 3.8) is 0 Å². The number of carbonyl (C=O) groups excluding carboxylic acids is 1. The molecule has 2 aliphatic heterocycles. The lowest BCUT2D eigenvalue weighted by molar-refractivity contribution is 0.0965. The Balaban J connectivity index is 1.72. The summed E-state index contributed by atoms with van der Waals surface area (Å²) in [4.78, 5) is 17.7. The van der Waals surface area contributed by atoms with Crippen LogP contribution >= 0.6 is 0 Å². The third-order valence-corrected chi connectivity index (χ3v) is 5.20. The van der Waals surface area contributed by atoms with Crippen LogP contribution in [0.2, 0.25) is 0 Å². The Kier molecular flexibility index (Phi) is 3.98. The first-order chi connectivity index (χ1) is 11.7. The van der Waals surface area contributed by atoms with Gasteiger partial charge in [-0.15, -0.1) is 0 Å². The fourth-order valence-corrected chi connectivity index (χ4v) is 3.88. The standard InChI is InChI=1S/C20H23N3O/c21-17-10-8-15(9-11-17)20(24)23-14-18-6-3-4-12-22(18)13-16-5-1-2-7-19(16)23/h1-2,5,7-11,18H,3-4,6,12-14,21H2. The van der Waals surface area contributed by atoms with Gasteiger partial charge >= 0.3 is 0 Å². The summed E-state index contributed by atoms with van der Waals surface area (Å²) in [5.74, 6) is 0.0647. The van der Waals surface area contributed by atoms with Crippen LogP contribution < -0.4 is 10.6 Å². The third kappa shape index (κ3) is 2.78. The Morgan fingerprint density at radius 3 is 2.67 bits per heavy atom. The second-order valence-corrected chi connectivity index (χ2v) is 6.79. The monoisotopic (exact) mass is 321 g/mol. The van der Waals surface area contributed by atoms with Gasteiger partial charge in [-0.2, -0.15) is 0 Å². The molecular formula is C20H23N3O. The van der Waals surface area contributed by atoms with E-state index in [1.54, 1.807) is 12.1 Å². The van der Waals surface area contributed by atoms with Gasteiger partial charge < -0.3 is 10.6 Å². The number of para-hydroxylation sites is 1. The van der Waals surface area contributed by atoms with E-state index in [4.69, 9.17) is 5.73 Å². The van der Waals surface area contributed by atoms with Crippen molar-refractivity contribution in [3.05, 3.63) is 59.7 Å². The van der Waals surface area contributed by atoms with Crippen LogP contribution in [0.1, 0.15) is 35.2 Å². The van der Waals surface area contributed by atoms with Gasteiger partial charge in [0, 0.05) is 36.1 Å². The number of nitrogen functional groups attached to an aromatic ring is 1. The summed E-state index contributed by atoms with van der Waals surface area (Å²) in [5.41, 5.74) is 9.43. The van der Waals surface area contributed by atoms with Crippen molar-refractivity contribution in [1.82, 2.24) is 4.90 Å². The molecule has 1 unspecified atom stereocenters. The van der Waals surface area contributed by atoms with Gasteiger partial charge in [0.15, 0.2) is 0 Å². The zero-order valence-corrected chi connectivity index (χ0v) is 13.8.